The van der Waals surface area contributed by atoms with Gasteiger partial charge in [0.05, 0.1) is 10.6 Å². The molecule has 0 unspecified atom stereocenters. The number of carbonyl (C=O) groups excluding carboxylic acids is 2. The summed E-state index contributed by atoms with van der Waals surface area (Å²) in [6.45, 7) is 3.90. The fourth-order valence-corrected chi connectivity index (χ4v) is 5.02. The van der Waals surface area contributed by atoms with Crippen molar-refractivity contribution in [1.29, 1.82) is 0 Å². The molecule has 7 nitrogen and oxygen atoms in total. The Morgan fingerprint density at radius 1 is 1.40 bits per heavy atom. The molecule has 3 rings (SSSR count). The zero-order chi connectivity index (χ0) is 18.1. The monoisotopic (exact) mass is 380 g/mol. The molecular formula is C16H20N4O3S2. The third-order valence-electron chi connectivity index (χ3n) is 4.13. The van der Waals surface area contributed by atoms with Gasteiger partial charge in [0.2, 0.25) is 5.91 Å². The van der Waals surface area contributed by atoms with Crippen LogP contribution in [0.25, 0.3) is 10.2 Å². The highest BCUT2D eigenvalue weighted by molar-refractivity contribution is 8.00. The first-order chi connectivity index (χ1) is 11.9. The number of aryl methyl sites for hydroxylation is 2. The summed E-state index contributed by atoms with van der Waals surface area (Å²) in [7, 11) is 1.67. The Morgan fingerprint density at radius 3 is 2.88 bits per heavy atom. The summed E-state index contributed by atoms with van der Waals surface area (Å²) in [5.41, 5.74) is 1.08. The topological polar surface area (TPSA) is 93.1 Å². The van der Waals surface area contributed by atoms with Gasteiger partial charge in [0, 0.05) is 18.5 Å². The van der Waals surface area contributed by atoms with Crippen molar-refractivity contribution >= 4 is 45.3 Å². The molecule has 0 saturated carbocycles. The van der Waals surface area contributed by atoms with Gasteiger partial charge in [0.1, 0.15) is 4.83 Å². The lowest BCUT2D eigenvalue weighted by molar-refractivity contribution is -0.119. The molecule has 0 saturated heterocycles. The van der Waals surface area contributed by atoms with Gasteiger partial charge in [-0.15, -0.1) is 11.3 Å². The molecule has 0 aromatic carbocycles. The second-order valence-corrected chi connectivity index (χ2v) is 8.30. The predicted octanol–water partition coefficient (Wildman–Crippen LogP) is 1.81. The summed E-state index contributed by atoms with van der Waals surface area (Å²) in [6, 6.07) is -0.521. The van der Waals surface area contributed by atoms with E-state index in [9.17, 15) is 14.4 Å². The summed E-state index contributed by atoms with van der Waals surface area (Å²) in [5, 5.41) is 5.45. The molecule has 3 amide bonds. The van der Waals surface area contributed by atoms with Gasteiger partial charge in [-0.3, -0.25) is 19.5 Å². The van der Waals surface area contributed by atoms with E-state index in [1.54, 1.807) is 32.2 Å². The van der Waals surface area contributed by atoms with Crippen molar-refractivity contribution in [2.24, 2.45) is 7.05 Å². The minimum Gasteiger partial charge on any atom is -0.338 e. The first-order valence-corrected chi connectivity index (χ1v) is 9.88. The van der Waals surface area contributed by atoms with Crippen LogP contribution in [0.3, 0.4) is 0 Å². The summed E-state index contributed by atoms with van der Waals surface area (Å²) < 4.78 is 1.49. The minimum absolute atomic E-state index is 0.0664. The Balaban J connectivity index is 1.84. The molecule has 1 aliphatic carbocycles. The lowest BCUT2D eigenvalue weighted by Crippen LogP contribution is -2.42. The molecule has 134 valence electrons. The lowest BCUT2D eigenvalue weighted by atomic mass is 10.2. The number of nitrogens with zero attached hydrogens (tertiary/aromatic N) is 2. The Hall–Kier alpha value is -1.87. The second-order valence-electron chi connectivity index (χ2n) is 5.90. The quantitative estimate of drug-likeness (QED) is 0.623. The van der Waals surface area contributed by atoms with E-state index in [0.717, 1.165) is 35.0 Å². The van der Waals surface area contributed by atoms with Crippen LogP contribution >= 0.6 is 23.1 Å². The van der Waals surface area contributed by atoms with Crippen LogP contribution in [-0.4, -0.2) is 33.3 Å². The van der Waals surface area contributed by atoms with Crippen molar-refractivity contribution in [2.45, 2.75) is 43.5 Å². The van der Waals surface area contributed by atoms with Gasteiger partial charge in [0.15, 0.2) is 5.16 Å². The highest BCUT2D eigenvalue weighted by Crippen LogP contribution is 2.35. The van der Waals surface area contributed by atoms with E-state index in [4.69, 9.17) is 0 Å². The van der Waals surface area contributed by atoms with Crippen molar-refractivity contribution in [3.05, 3.63) is 20.8 Å². The lowest BCUT2D eigenvalue weighted by Gasteiger charge is -2.13. The number of fused-ring (bicyclic) bond motifs is 3. The van der Waals surface area contributed by atoms with Gasteiger partial charge >= 0.3 is 6.03 Å². The maximum atomic E-state index is 12.7. The van der Waals surface area contributed by atoms with E-state index >= 15 is 0 Å². The SMILES string of the molecule is CCNC(=O)NC(=O)[C@H](C)Sc1nc2sc3c(c2c(=O)n1C)CCC3. The first-order valence-electron chi connectivity index (χ1n) is 8.19. The molecule has 2 N–H and O–H groups in total. The molecule has 0 bridgehead atoms. The number of rotatable bonds is 4. The van der Waals surface area contributed by atoms with Crippen molar-refractivity contribution in [1.82, 2.24) is 20.2 Å². The molecule has 2 heterocycles. The standard InChI is InChI=1S/C16H20N4O3S2/c1-4-17-15(23)18-12(21)8(2)24-16-19-13-11(14(22)20(16)3)9-6-5-7-10(9)25-13/h8H,4-7H2,1-3H3,(H2,17,18,21,23)/t8-/m0/s1. The molecule has 9 heteroatoms. The van der Waals surface area contributed by atoms with E-state index in [1.165, 1.54) is 21.2 Å². The molecule has 1 aliphatic rings. The molecule has 0 radical (unpaired) electrons. The Kier molecular flexibility index (Phi) is 5.14. The number of nitrogens with one attached hydrogen (secondary N) is 2. The number of aromatic nitrogens is 2. The van der Waals surface area contributed by atoms with Crippen molar-refractivity contribution < 1.29 is 9.59 Å². The smallest absolute Gasteiger partial charge is 0.321 e. The van der Waals surface area contributed by atoms with Crippen LogP contribution in [0.15, 0.2) is 9.95 Å². The van der Waals surface area contributed by atoms with Gasteiger partial charge in [-0.05, 0) is 38.7 Å². The third-order valence-corrected chi connectivity index (χ3v) is 6.46. The maximum absolute atomic E-state index is 12.7. The van der Waals surface area contributed by atoms with Crippen molar-refractivity contribution in [3.8, 4) is 0 Å². The average Bonchev–Trinajstić information content (AvgIpc) is 3.12. The number of thioether (sulfide) groups is 1. The molecule has 1 atom stereocenters. The summed E-state index contributed by atoms with van der Waals surface area (Å²) >= 11 is 2.75. The van der Waals surface area contributed by atoms with Crippen LogP contribution in [-0.2, 0) is 24.7 Å². The van der Waals surface area contributed by atoms with Gasteiger partial charge in [0.25, 0.3) is 5.56 Å². The molecule has 0 spiro atoms. The number of hydrogen-bond acceptors (Lipinski definition) is 6. The Labute approximate surface area is 153 Å². The largest absolute Gasteiger partial charge is 0.338 e. The molecular weight excluding hydrogens is 360 g/mol. The Bertz CT molecular complexity index is 903. The highest BCUT2D eigenvalue weighted by Gasteiger charge is 2.24. The predicted molar refractivity (Wildman–Crippen MR) is 99.4 cm³/mol. The van der Waals surface area contributed by atoms with E-state index in [1.807, 2.05) is 0 Å². The fraction of sp³-hybridized carbons (Fsp3) is 0.500. The van der Waals surface area contributed by atoms with Crippen molar-refractivity contribution in [3.63, 3.8) is 0 Å². The third kappa shape index (κ3) is 3.43. The van der Waals surface area contributed by atoms with E-state index < -0.39 is 17.2 Å². The van der Waals surface area contributed by atoms with Crippen LogP contribution in [0.2, 0.25) is 0 Å². The number of thiophene rings is 1. The first kappa shape index (κ1) is 17.9. The molecule has 2 aromatic rings. The van der Waals surface area contributed by atoms with Crippen LogP contribution in [0.1, 0.15) is 30.7 Å². The summed E-state index contributed by atoms with van der Waals surface area (Å²) in [4.78, 5) is 42.9. The number of hydrogen-bond donors (Lipinski definition) is 2. The van der Waals surface area contributed by atoms with Crippen LogP contribution < -0.4 is 16.2 Å². The molecule has 25 heavy (non-hydrogen) atoms. The van der Waals surface area contributed by atoms with Gasteiger partial charge < -0.3 is 5.32 Å². The molecule has 0 aliphatic heterocycles. The van der Waals surface area contributed by atoms with E-state index in [2.05, 4.69) is 15.6 Å². The fourth-order valence-electron chi connectivity index (χ4n) is 2.84. The molecule has 2 aromatic heterocycles. The number of imide groups is 1. The summed E-state index contributed by atoms with van der Waals surface area (Å²) in [5.74, 6) is -0.418. The maximum Gasteiger partial charge on any atom is 0.321 e. The zero-order valence-corrected chi connectivity index (χ0v) is 16.0. The minimum atomic E-state index is -0.551. The number of urea groups is 1. The highest BCUT2D eigenvalue weighted by atomic mass is 32.2. The van der Waals surface area contributed by atoms with E-state index in [-0.39, 0.29) is 5.56 Å². The van der Waals surface area contributed by atoms with E-state index in [0.29, 0.717) is 11.7 Å². The zero-order valence-electron chi connectivity index (χ0n) is 14.3. The Morgan fingerprint density at radius 2 is 2.16 bits per heavy atom. The average molecular weight is 380 g/mol. The van der Waals surface area contributed by atoms with Crippen molar-refractivity contribution in [2.75, 3.05) is 6.54 Å². The van der Waals surface area contributed by atoms with Crippen LogP contribution in [0.5, 0.6) is 0 Å². The van der Waals surface area contributed by atoms with Gasteiger partial charge in [-0.2, -0.15) is 0 Å². The van der Waals surface area contributed by atoms with Crippen LogP contribution in [0, 0.1) is 0 Å². The van der Waals surface area contributed by atoms with Gasteiger partial charge in [-0.25, -0.2) is 9.78 Å². The second kappa shape index (κ2) is 7.17. The molecule has 0 fully saturated rings. The number of amides is 3. The number of carbonyl (C=O) groups is 2. The van der Waals surface area contributed by atoms with Crippen LogP contribution in [0.4, 0.5) is 4.79 Å². The summed E-state index contributed by atoms with van der Waals surface area (Å²) in [6.07, 6.45) is 3.03. The van der Waals surface area contributed by atoms with Gasteiger partial charge in [-0.1, -0.05) is 11.8 Å². The normalized spacial score (nSPS) is 14.4.